The maximum atomic E-state index is 12.0. The second-order valence-corrected chi connectivity index (χ2v) is 6.34. The molecule has 19 heavy (non-hydrogen) atoms. The molecule has 3 fully saturated rings. The van der Waals surface area contributed by atoms with Crippen LogP contribution in [0.2, 0.25) is 0 Å². The number of ether oxygens (including phenoxy) is 1. The Labute approximate surface area is 112 Å². The quantitative estimate of drug-likeness (QED) is 0.529. The maximum absolute atomic E-state index is 12.0. The van der Waals surface area contributed by atoms with Crippen LogP contribution in [0.4, 0.5) is 0 Å². The fraction of sp³-hybridized carbons (Fsp3) is 0.733. The standard InChI is InChI=1S/C15H20O4/c1-6-4-11(17)13-8(3)15(18)19-14(13)12-7(2)10(16)5-9(6)12/h7-9,11-14,17H,1,4-5H2,2-3H3/t7-,8+,9+,11-,12+,13-,14-/m1/s1. The maximum Gasteiger partial charge on any atom is 0.309 e. The first kappa shape index (κ1) is 12.9. The third-order valence-electron chi connectivity index (χ3n) is 5.37. The van der Waals surface area contributed by atoms with Crippen molar-refractivity contribution in [3.63, 3.8) is 0 Å². The Kier molecular flexibility index (Phi) is 2.82. The van der Waals surface area contributed by atoms with E-state index in [4.69, 9.17) is 4.74 Å². The van der Waals surface area contributed by atoms with Crippen molar-refractivity contribution in [1.29, 1.82) is 0 Å². The smallest absolute Gasteiger partial charge is 0.309 e. The van der Waals surface area contributed by atoms with Gasteiger partial charge in [-0.1, -0.05) is 26.0 Å². The summed E-state index contributed by atoms with van der Waals surface area (Å²) in [5, 5.41) is 10.3. The number of hydrogen-bond donors (Lipinski definition) is 1. The van der Waals surface area contributed by atoms with E-state index in [1.807, 2.05) is 6.92 Å². The molecule has 0 spiro atoms. The molecule has 3 aliphatic rings. The molecule has 0 bridgehead atoms. The zero-order chi connectivity index (χ0) is 13.9. The summed E-state index contributed by atoms with van der Waals surface area (Å²) in [5.41, 5.74) is 0.938. The summed E-state index contributed by atoms with van der Waals surface area (Å²) in [6, 6.07) is 0. The number of esters is 1. The van der Waals surface area contributed by atoms with Gasteiger partial charge in [0, 0.05) is 24.2 Å². The Balaban J connectivity index is 2.03. The molecular weight excluding hydrogens is 244 g/mol. The van der Waals surface area contributed by atoms with Crippen LogP contribution in [0.3, 0.4) is 0 Å². The fourth-order valence-corrected chi connectivity index (χ4v) is 4.24. The minimum absolute atomic E-state index is 0.00366. The summed E-state index contributed by atoms with van der Waals surface area (Å²) in [5.74, 6) is -0.574. The highest BCUT2D eigenvalue weighted by molar-refractivity contribution is 5.84. The molecule has 1 saturated heterocycles. The lowest BCUT2D eigenvalue weighted by Gasteiger charge is -2.29. The number of carbonyl (C=O) groups excluding carboxylic acids is 2. The Morgan fingerprint density at radius 1 is 1.16 bits per heavy atom. The van der Waals surface area contributed by atoms with E-state index in [0.717, 1.165) is 5.57 Å². The molecule has 104 valence electrons. The van der Waals surface area contributed by atoms with Crippen molar-refractivity contribution >= 4 is 11.8 Å². The Bertz CT molecular complexity index is 455. The van der Waals surface area contributed by atoms with Gasteiger partial charge in [-0.2, -0.15) is 0 Å². The lowest BCUT2D eigenvalue weighted by atomic mass is 9.77. The summed E-state index contributed by atoms with van der Waals surface area (Å²) in [6.07, 6.45) is 0.0330. The Morgan fingerprint density at radius 2 is 1.84 bits per heavy atom. The zero-order valence-electron chi connectivity index (χ0n) is 11.3. The third-order valence-corrected chi connectivity index (χ3v) is 5.37. The average Bonchev–Trinajstić information content (AvgIpc) is 2.75. The van der Waals surface area contributed by atoms with Gasteiger partial charge in [0.25, 0.3) is 0 Å². The summed E-state index contributed by atoms with van der Waals surface area (Å²) >= 11 is 0. The van der Waals surface area contributed by atoms with Crippen LogP contribution in [0.1, 0.15) is 26.7 Å². The number of Topliss-reactive ketones (excluding diaryl/α,β-unsaturated/α-hetero) is 1. The predicted molar refractivity (Wildman–Crippen MR) is 68.1 cm³/mol. The average molecular weight is 264 g/mol. The summed E-state index contributed by atoms with van der Waals surface area (Å²) < 4.78 is 5.52. The van der Waals surface area contributed by atoms with Crippen LogP contribution in [0.15, 0.2) is 12.2 Å². The number of rotatable bonds is 0. The third kappa shape index (κ3) is 1.69. The van der Waals surface area contributed by atoms with Crippen molar-refractivity contribution in [2.24, 2.45) is 29.6 Å². The second-order valence-electron chi connectivity index (χ2n) is 6.34. The molecule has 0 aromatic carbocycles. The molecule has 2 aliphatic carbocycles. The minimum Gasteiger partial charge on any atom is -0.461 e. The van der Waals surface area contributed by atoms with Crippen molar-refractivity contribution in [3.8, 4) is 0 Å². The predicted octanol–water partition coefficient (Wildman–Crippen LogP) is 1.33. The van der Waals surface area contributed by atoms with Gasteiger partial charge in [0.15, 0.2) is 0 Å². The first-order chi connectivity index (χ1) is 8.91. The number of aliphatic hydroxyl groups is 1. The van der Waals surface area contributed by atoms with E-state index in [-0.39, 0.29) is 47.4 Å². The van der Waals surface area contributed by atoms with Crippen molar-refractivity contribution in [2.45, 2.75) is 38.9 Å². The molecular formula is C15H20O4. The van der Waals surface area contributed by atoms with Gasteiger partial charge in [-0.15, -0.1) is 0 Å². The monoisotopic (exact) mass is 264 g/mol. The SMILES string of the molecule is C=C1C[C@@H](O)[C@@H]2[C@H](OC(=O)[C@H]2C)[C@H]2[C@H](C)C(=O)C[C@@H]12. The number of fused-ring (bicyclic) bond motifs is 3. The van der Waals surface area contributed by atoms with E-state index in [1.54, 1.807) is 6.92 Å². The van der Waals surface area contributed by atoms with E-state index in [1.165, 1.54) is 0 Å². The van der Waals surface area contributed by atoms with E-state index >= 15 is 0 Å². The summed E-state index contributed by atoms with van der Waals surface area (Å²) in [6.45, 7) is 7.77. The van der Waals surface area contributed by atoms with Crippen molar-refractivity contribution in [2.75, 3.05) is 0 Å². The lowest BCUT2D eigenvalue weighted by Crippen LogP contribution is -2.37. The molecule has 1 heterocycles. The molecule has 0 unspecified atom stereocenters. The van der Waals surface area contributed by atoms with Gasteiger partial charge in [-0.3, -0.25) is 9.59 Å². The van der Waals surface area contributed by atoms with Crippen molar-refractivity contribution in [3.05, 3.63) is 12.2 Å². The molecule has 7 atom stereocenters. The molecule has 4 heteroatoms. The van der Waals surface area contributed by atoms with Crippen LogP contribution >= 0.6 is 0 Å². The van der Waals surface area contributed by atoms with Gasteiger partial charge in [0.05, 0.1) is 12.0 Å². The molecule has 2 saturated carbocycles. The van der Waals surface area contributed by atoms with E-state index < -0.39 is 6.10 Å². The molecule has 3 rings (SSSR count). The van der Waals surface area contributed by atoms with Crippen LogP contribution in [0.5, 0.6) is 0 Å². The second kappa shape index (κ2) is 4.17. The lowest BCUT2D eigenvalue weighted by molar-refractivity contribution is -0.147. The number of hydrogen-bond acceptors (Lipinski definition) is 4. The highest BCUT2D eigenvalue weighted by Gasteiger charge is 2.57. The van der Waals surface area contributed by atoms with Gasteiger partial charge in [-0.05, 0) is 12.3 Å². The summed E-state index contributed by atoms with van der Waals surface area (Å²) in [7, 11) is 0. The zero-order valence-corrected chi connectivity index (χ0v) is 11.3. The number of aliphatic hydroxyl groups excluding tert-OH is 1. The number of carbonyl (C=O) groups is 2. The van der Waals surface area contributed by atoms with Crippen molar-refractivity contribution < 1.29 is 19.4 Å². The van der Waals surface area contributed by atoms with Gasteiger partial charge < -0.3 is 9.84 Å². The van der Waals surface area contributed by atoms with Crippen LogP contribution in [0.25, 0.3) is 0 Å². The highest BCUT2D eigenvalue weighted by Crippen LogP contribution is 2.51. The molecule has 1 aliphatic heterocycles. The van der Waals surface area contributed by atoms with Crippen LogP contribution < -0.4 is 0 Å². The minimum atomic E-state index is -0.591. The highest BCUT2D eigenvalue weighted by atomic mass is 16.6. The topological polar surface area (TPSA) is 63.6 Å². The fourth-order valence-electron chi connectivity index (χ4n) is 4.24. The largest absolute Gasteiger partial charge is 0.461 e. The van der Waals surface area contributed by atoms with Crippen LogP contribution in [-0.4, -0.2) is 29.1 Å². The first-order valence-electron chi connectivity index (χ1n) is 7.00. The van der Waals surface area contributed by atoms with E-state index in [9.17, 15) is 14.7 Å². The molecule has 0 aromatic rings. The van der Waals surface area contributed by atoms with Crippen LogP contribution in [0, 0.1) is 29.6 Å². The van der Waals surface area contributed by atoms with Gasteiger partial charge in [0.2, 0.25) is 0 Å². The Morgan fingerprint density at radius 3 is 2.53 bits per heavy atom. The Hall–Kier alpha value is -1.16. The van der Waals surface area contributed by atoms with Crippen molar-refractivity contribution in [1.82, 2.24) is 0 Å². The van der Waals surface area contributed by atoms with E-state index in [2.05, 4.69) is 6.58 Å². The normalized spacial score (nSPS) is 49.6. The first-order valence-corrected chi connectivity index (χ1v) is 7.00. The van der Waals surface area contributed by atoms with E-state index in [0.29, 0.717) is 12.8 Å². The molecule has 4 nitrogen and oxygen atoms in total. The molecule has 0 amide bonds. The van der Waals surface area contributed by atoms with Crippen LogP contribution in [-0.2, 0) is 14.3 Å². The summed E-state index contributed by atoms with van der Waals surface area (Å²) in [4.78, 5) is 23.8. The molecule has 0 radical (unpaired) electrons. The van der Waals surface area contributed by atoms with Gasteiger partial charge in [0.1, 0.15) is 11.9 Å². The number of ketones is 1. The molecule has 1 N–H and O–H groups in total. The molecule has 0 aromatic heterocycles. The van der Waals surface area contributed by atoms with Gasteiger partial charge >= 0.3 is 5.97 Å². The van der Waals surface area contributed by atoms with Gasteiger partial charge in [-0.25, -0.2) is 0 Å².